The third-order valence-electron chi connectivity index (χ3n) is 1.22. The number of phenolic OH excluding ortho intramolecular Hbond substituents is 2. The van der Waals surface area contributed by atoms with Gasteiger partial charge in [-0.25, -0.2) is 4.39 Å². The molecule has 0 radical (unpaired) electrons. The molecule has 0 heterocycles. The van der Waals surface area contributed by atoms with Crippen LogP contribution >= 0.6 is 0 Å². The van der Waals surface area contributed by atoms with Crippen molar-refractivity contribution in [3.05, 3.63) is 23.5 Å². The Morgan fingerprint density at radius 2 is 1.90 bits per heavy atom. The predicted octanol–water partition coefficient (Wildman–Crippen LogP) is 1.55. The molecule has 0 fully saturated rings. The van der Waals surface area contributed by atoms with Gasteiger partial charge in [0.2, 0.25) is 0 Å². The Balaban J connectivity index is 3.31. The van der Waals surface area contributed by atoms with E-state index in [4.69, 9.17) is 10.2 Å². The first-order valence-corrected chi connectivity index (χ1v) is 2.79. The first-order valence-electron chi connectivity index (χ1n) is 2.79. The fourth-order valence-corrected chi connectivity index (χ4v) is 0.732. The minimum Gasteiger partial charge on any atom is -0.508 e. The number of aryl methyl sites for hydroxylation is 1. The van der Waals surface area contributed by atoms with E-state index >= 15 is 0 Å². The Hall–Kier alpha value is -1.25. The summed E-state index contributed by atoms with van der Waals surface area (Å²) in [5, 5.41) is 17.5. The van der Waals surface area contributed by atoms with Gasteiger partial charge in [0.25, 0.3) is 0 Å². The van der Waals surface area contributed by atoms with Gasteiger partial charge in [-0.2, -0.15) is 0 Å². The third kappa shape index (κ3) is 1.03. The second-order valence-corrected chi connectivity index (χ2v) is 2.10. The number of benzene rings is 1. The molecule has 0 saturated heterocycles. The monoisotopic (exact) mass is 142 g/mol. The van der Waals surface area contributed by atoms with Crippen LogP contribution in [0.15, 0.2) is 12.1 Å². The highest BCUT2D eigenvalue weighted by atomic mass is 19.1. The third-order valence-corrected chi connectivity index (χ3v) is 1.22. The van der Waals surface area contributed by atoms with Crippen molar-refractivity contribution in [2.75, 3.05) is 0 Å². The lowest BCUT2D eigenvalue weighted by molar-refractivity contribution is 0.417. The minimum absolute atomic E-state index is 0.128. The van der Waals surface area contributed by atoms with Crippen LogP contribution in [0.4, 0.5) is 4.39 Å². The van der Waals surface area contributed by atoms with E-state index in [1.54, 1.807) is 0 Å². The van der Waals surface area contributed by atoms with Gasteiger partial charge < -0.3 is 10.2 Å². The average molecular weight is 142 g/mol. The molecule has 1 aromatic carbocycles. The Bertz CT molecular complexity index is 235. The summed E-state index contributed by atoms with van der Waals surface area (Å²) < 4.78 is 12.5. The molecule has 2 nitrogen and oxygen atoms in total. The van der Waals surface area contributed by atoms with E-state index < -0.39 is 11.6 Å². The van der Waals surface area contributed by atoms with Crippen molar-refractivity contribution < 1.29 is 14.6 Å². The van der Waals surface area contributed by atoms with Crippen LogP contribution in [-0.4, -0.2) is 10.2 Å². The van der Waals surface area contributed by atoms with Crippen molar-refractivity contribution in [2.24, 2.45) is 0 Å². The quantitative estimate of drug-likeness (QED) is 0.576. The maximum absolute atomic E-state index is 12.5. The molecule has 0 aliphatic heterocycles. The summed E-state index contributed by atoms with van der Waals surface area (Å²) in [5.74, 6) is -1.33. The zero-order valence-corrected chi connectivity index (χ0v) is 5.43. The lowest BCUT2D eigenvalue weighted by Crippen LogP contribution is -1.81. The van der Waals surface area contributed by atoms with Crippen molar-refractivity contribution in [2.45, 2.75) is 6.92 Å². The summed E-state index contributed by atoms with van der Waals surface area (Å²) in [4.78, 5) is 0. The van der Waals surface area contributed by atoms with E-state index in [1.165, 1.54) is 13.0 Å². The standard InChI is InChI=1S/C7H7FO2/c1-4-2-5(9)3-6(10)7(4)8/h2-3,9-10H,1H3. The van der Waals surface area contributed by atoms with Crippen LogP contribution in [0.2, 0.25) is 0 Å². The van der Waals surface area contributed by atoms with Crippen LogP contribution in [0.5, 0.6) is 11.5 Å². The molecule has 0 unspecified atom stereocenters. The topological polar surface area (TPSA) is 40.5 Å². The predicted molar refractivity (Wildman–Crippen MR) is 34.5 cm³/mol. The maximum atomic E-state index is 12.5. The molecule has 0 atom stereocenters. The second-order valence-electron chi connectivity index (χ2n) is 2.10. The van der Waals surface area contributed by atoms with Crippen LogP contribution in [0.1, 0.15) is 5.56 Å². The summed E-state index contributed by atoms with van der Waals surface area (Å²) in [6.45, 7) is 1.47. The lowest BCUT2D eigenvalue weighted by atomic mass is 10.2. The molecule has 54 valence electrons. The van der Waals surface area contributed by atoms with Crippen molar-refractivity contribution in [3.63, 3.8) is 0 Å². The summed E-state index contributed by atoms with van der Waals surface area (Å²) in [6.07, 6.45) is 0. The second kappa shape index (κ2) is 2.17. The molecule has 0 aliphatic carbocycles. The van der Waals surface area contributed by atoms with E-state index in [9.17, 15) is 4.39 Å². The van der Waals surface area contributed by atoms with Crippen molar-refractivity contribution in [1.29, 1.82) is 0 Å². The molecular formula is C7H7FO2. The summed E-state index contributed by atoms with van der Waals surface area (Å²) >= 11 is 0. The van der Waals surface area contributed by atoms with E-state index in [-0.39, 0.29) is 11.3 Å². The SMILES string of the molecule is Cc1cc(O)cc(O)c1F. The van der Waals surface area contributed by atoms with E-state index in [2.05, 4.69) is 0 Å². The van der Waals surface area contributed by atoms with Gasteiger partial charge in [0.15, 0.2) is 11.6 Å². The number of hydrogen-bond donors (Lipinski definition) is 2. The number of aromatic hydroxyl groups is 2. The molecule has 1 rings (SSSR count). The zero-order valence-electron chi connectivity index (χ0n) is 5.43. The molecule has 0 spiro atoms. The number of hydrogen-bond acceptors (Lipinski definition) is 2. The Kier molecular flexibility index (Phi) is 1.49. The first-order chi connectivity index (χ1) is 4.61. The molecular weight excluding hydrogens is 135 g/mol. The van der Waals surface area contributed by atoms with Gasteiger partial charge in [0.1, 0.15) is 5.75 Å². The van der Waals surface area contributed by atoms with Crippen LogP contribution in [0, 0.1) is 12.7 Å². The van der Waals surface area contributed by atoms with Crippen molar-refractivity contribution in [3.8, 4) is 11.5 Å². The summed E-state index contributed by atoms with van der Waals surface area (Å²) in [6, 6.07) is 2.21. The van der Waals surface area contributed by atoms with Gasteiger partial charge in [0.05, 0.1) is 0 Å². The van der Waals surface area contributed by atoms with E-state index in [0.29, 0.717) is 0 Å². The summed E-state index contributed by atoms with van der Waals surface area (Å²) in [7, 11) is 0. The smallest absolute Gasteiger partial charge is 0.167 e. The number of phenols is 2. The highest BCUT2D eigenvalue weighted by Gasteiger charge is 2.04. The molecule has 2 N–H and O–H groups in total. The van der Waals surface area contributed by atoms with Crippen molar-refractivity contribution >= 4 is 0 Å². The molecule has 0 bridgehead atoms. The Labute approximate surface area is 57.6 Å². The van der Waals surface area contributed by atoms with Gasteiger partial charge >= 0.3 is 0 Å². The summed E-state index contributed by atoms with van der Waals surface area (Å²) in [5.41, 5.74) is 0.234. The van der Waals surface area contributed by atoms with Crippen LogP contribution in [0.3, 0.4) is 0 Å². The van der Waals surface area contributed by atoms with Crippen LogP contribution in [0.25, 0.3) is 0 Å². The fourth-order valence-electron chi connectivity index (χ4n) is 0.732. The van der Waals surface area contributed by atoms with Crippen LogP contribution < -0.4 is 0 Å². The molecule has 3 heteroatoms. The fraction of sp³-hybridized carbons (Fsp3) is 0.143. The lowest BCUT2D eigenvalue weighted by Gasteiger charge is -1.99. The zero-order chi connectivity index (χ0) is 7.72. The van der Waals surface area contributed by atoms with E-state index in [0.717, 1.165) is 6.07 Å². The van der Waals surface area contributed by atoms with Crippen LogP contribution in [-0.2, 0) is 0 Å². The Morgan fingerprint density at radius 1 is 1.30 bits per heavy atom. The van der Waals surface area contributed by atoms with Gasteiger partial charge in [0, 0.05) is 6.07 Å². The van der Waals surface area contributed by atoms with Gasteiger partial charge in [-0.15, -0.1) is 0 Å². The number of halogens is 1. The average Bonchev–Trinajstić information content (AvgIpc) is 1.82. The normalized spacial score (nSPS) is 9.80. The van der Waals surface area contributed by atoms with Gasteiger partial charge in [-0.05, 0) is 18.6 Å². The highest BCUT2D eigenvalue weighted by molar-refractivity contribution is 5.37. The molecule has 1 aromatic rings. The molecule has 0 amide bonds. The van der Waals surface area contributed by atoms with Gasteiger partial charge in [-0.1, -0.05) is 0 Å². The molecule has 0 saturated carbocycles. The molecule has 0 aliphatic rings. The molecule has 0 aromatic heterocycles. The Morgan fingerprint density at radius 3 is 2.40 bits per heavy atom. The highest BCUT2D eigenvalue weighted by Crippen LogP contribution is 2.24. The van der Waals surface area contributed by atoms with E-state index in [1.807, 2.05) is 0 Å². The molecule has 10 heavy (non-hydrogen) atoms. The minimum atomic E-state index is -0.683. The van der Waals surface area contributed by atoms with Crippen molar-refractivity contribution in [1.82, 2.24) is 0 Å². The first kappa shape index (κ1) is 6.86. The van der Waals surface area contributed by atoms with Gasteiger partial charge in [-0.3, -0.25) is 0 Å². The largest absolute Gasteiger partial charge is 0.508 e. The number of rotatable bonds is 0. The maximum Gasteiger partial charge on any atom is 0.167 e.